The fraction of sp³-hybridized carbons (Fsp3) is 0.400. The van der Waals surface area contributed by atoms with Crippen LogP contribution < -0.4 is 9.62 Å². The molecule has 1 aliphatic heterocycles. The average molecular weight is 303 g/mol. The second-order valence-electron chi connectivity index (χ2n) is 4.09. The number of hydrogen-bond acceptors (Lipinski definition) is 3. The van der Waals surface area contributed by atoms with Crippen molar-refractivity contribution in [2.24, 2.45) is 0 Å². The van der Waals surface area contributed by atoms with Crippen molar-refractivity contribution >= 4 is 31.6 Å². The fourth-order valence-corrected chi connectivity index (χ4v) is 4.25. The first-order valence-electron chi connectivity index (χ1n) is 5.14. The first-order valence-corrected chi connectivity index (χ1v) is 7.42. The summed E-state index contributed by atoms with van der Waals surface area (Å²) >= 11 is 3.31. The van der Waals surface area contributed by atoms with Crippen LogP contribution in [-0.2, 0) is 10.0 Å². The van der Waals surface area contributed by atoms with Crippen molar-refractivity contribution in [1.82, 2.24) is 4.72 Å². The number of halogens is 1. The lowest BCUT2D eigenvalue weighted by Gasteiger charge is -2.31. The molecule has 0 atom stereocenters. The molecule has 0 spiro atoms. The summed E-state index contributed by atoms with van der Waals surface area (Å²) in [5.74, 6) is 0. The third-order valence-electron chi connectivity index (χ3n) is 2.94. The Morgan fingerprint density at radius 1 is 1.38 bits per heavy atom. The van der Waals surface area contributed by atoms with E-state index in [1.165, 1.54) is 0 Å². The molecule has 86 valence electrons. The number of benzene rings is 1. The maximum atomic E-state index is 11.9. The van der Waals surface area contributed by atoms with E-state index in [0.717, 1.165) is 18.5 Å². The second kappa shape index (κ2) is 3.45. The number of fused-ring (bicyclic) bond motifs is 1. The normalized spacial score (nSPS) is 22.9. The average Bonchev–Trinajstić information content (AvgIpc) is 3.01. The van der Waals surface area contributed by atoms with Gasteiger partial charge in [-0.2, -0.15) is 4.72 Å². The second-order valence-corrected chi connectivity index (χ2v) is 6.65. The number of nitrogens with one attached hydrogen (secondary N) is 1. The van der Waals surface area contributed by atoms with Crippen molar-refractivity contribution in [3.63, 3.8) is 0 Å². The molecule has 0 saturated heterocycles. The van der Waals surface area contributed by atoms with E-state index in [4.69, 9.17) is 0 Å². The largest absolute Gasteiger partial charge is 0.354 e. The van der Waals surface area contributed by atoms with Crippen molar-refractivity contribution in [2.45, 2.75) is 23.8 Å². The first-order chi connectivity index (χ1) is 7.59. The summed E-state index contributed by atoms with van der Waals surface area (Å²) in [6, 6.07) is 6.00. The van der Waals surface area contributed by atoms with Gasteiger partial charge in [-0.3, -0.25) is 0 Å². The molecule has 1 aromatic carbocycles. The summed E-state index contributed by atoms with van der Waals surface area (Å²) in [7, 11) is -3.35. The van der Waals surface area contributed by atoms with Crippen molar-refractivity contribution in [3.05, 3.63) is 22.7 Å². The molecular weight excluding hydrogens is 292 g/mol. The van der Waals surface area contributed by atoms with E-state index in [9.17, 15) is 8.42 Å². The minimum absolute atomic E-state index is 0.369. The van der Waals surface area contributed by atoms with Gasteiger partial charge < -0.3 is 4.90 Å². The number of nitrogens with zero attached hydrogens (tertiary/aromatic N) is 1. The van der Waals surface area contributed by atoms with E-state index in [1.807, 2.05) is 12.1 Å². The quantitative estimate of drug-likeness (QED) is 0.858. The summed E-state index contributed by atoms with van der Waals surface area (Å²) in [6.07, 6.45) is 2.29. The topological polar surface area (TPSA) is 49.4 Å². The van der Waals surface area contributed by atoms with Gasteiger partial charge in [0.25, 0.3) is 0 Å². The van der Waals surface area contributed by atoms with Gasteiger partial charge in [-0.25, -0.2) is 8.42 Å². The molecule has 0 radical (unpaired) electrons. The van der Waals surface area contributed by atoms with Crippen LogP contribution in [0.25, 0.3) is 0 Å². The summed E-state index contributed by atoms with van der Waals surface area (Å²) in [6.45, 7) is 0.385. The molecule has 0 bridgehead atoms. The van der Waals surface area contributed by atoms with Crippen molar-refractivity contribution in [1.29, 1.82) is 0 Å². The lowest BCUT2D eigenvalue weighted by atomic mass is 10.3. The summed E-state index contributed by atoms with van der Waals surface area (Å²) in [5, 5.41) is 0. The molecule has 1 saturated carbocycles. The molecule has 4 nitrogen and oxygen atoms in total. The zero-order valence-corrected chi connectivity index (χ0v) is 10.9. The Morgan fingerprint density at radius 3 is 2.81 bits per heavy atom. The van der Waals surface area contributed by atoms with Crippen LogP contribution in [0.3, 0.4) is 0 Å². The summed E-state index contributed by atoms with van der Waals surface area (Å²) in [5.41, 5.74) is 0.815. The van der Waals surface area contributed by atoms with E-state index >= 15 is 0 Å². The predicted molar refractivity (Wildman–Crippen MR) is 64.8 cm³/mol. The van der Waals surface area contributed by atoms with Gasteiger partial charge in [-0.05, 0) is 40.9 Å². The van der Waals surface area contributed by atoms with Gasteiger partial charge in [0.2, 0.25) is 10.0 Å². The Hall–Kier alpha value is -0.590. The molecule has 0 amide bonds. The molecule has 1 fully saturated rings. The third-order valence-corrected chi connectivity index (χ3v) is 5.34. The lowest BCUT2D eigenvalue weighted by molar-refractivity contribution is 0.569. The van der Waals surface area contributed by atoms with Gasteiger partial charge in [-0.1, -0.05) is 6.07 Å². The number of rotatable bonds is 1. The Morgan fingerprint density at radius 2 is 2.12 bits per heavy atom. The van der Waals surface area contributed by atoms with Crippen LogP contribution in [0.15, 0.2) is 27.6 Å². The number of hydrogen-bond donors (Lipinski definition) is 1. The predicted octanol–water partition coefficient (Wildman–Crippen LogP) is 1.67. The Balaban J connectivity index is 2.21. The van der Waals surface area contributed by atoms with E-state index < -0.39 is 10.0 Å². The lowest BCUT2D eigenvalue weighted by Crippen LogP contribution is -2.44. The Kier molecular flexibility index (Phi) is 2.28. The maximum absolute atomic E-state index is 11.9. The van der Waals surface area contributed by atoms with Gasteiger partial charge in [0.15, 0.2) is 0 Å². The van der Waals surface area contributed by atoms with Crippen LogP contribution in [0.1, 0.15) is 12.8 Å². The van der Waals surface area contributed by atoms with Crippen LogP contribution in [-0.4, -0.2) is 21.1 Å². The molecule has 16 heavy (non-hydrogen) atoms. The molecular formula is C10H11BrN2O2S. The number of anilines is 1. The highest BCUT2D eigenvalue weighted by atomic mass is 79.9. The monoisotopic (exact) mass is 302 g/mol. The molecule has 0 aromatic heterocycles. The highest BCUT2D eigenvalue weighted by Crippen LogP contribution is 2.39. The van der Waals surface area contributed by atoms with Crippen molar-refractivity contribution in [3.8, 4) is 0 Å². The minimum atomic E-state index is -3.35. The van der Waals surface area contributed by atoms with E-state index in [0.29, 0.717) is 22.1 Å². The van der Waals surface area contributed by atoms with Crippen LogP contribution in [0.5, 0.6) is 0 Å². The smallest absolute Gasteiger partial charge is 0.245 e. The van der Waals surface area contributed by atoms with Gasteiger partial charge in [0.05, 0.1) is 12.4 Å². The zero-order valence-electron chi connectivity index (χ0n) is 8.48. The molecule has 1 aliphatic carbocycles. The molecule has 1 aromatic rings. The van der Waals surface area contributed by atoms with Gasteiger partial charge in [0.1, 0.15) is 4.90 Å². The molecule has 1 heterocycles. The van der Waals surface area contributed by atoms with Crippen molar-refractivity contribution < 1.29 is 8.42 Å². The maximum Gasteiger partial charge on any atom is 0.245 e. The van der Waals surface area contributed by atoms with Crippen LogP contribution in [0.4, 0.5) is 5.69 Å². The summed E-state index contributed by atoms with van der Waals surface area (Å²) in [4.78, 5) is 2.49. The fourth-order valence-electron chi connectivity index (χ4n) is 2.01. The Labute approximate surface area is 103 Å². The van der Waals surface area contributed by atoms with E-state index in [2.05, 4.69) is 25.6 Å². The van der Waals surface area contributed by atoms with E-state index in [1.54, 1.807) is 6.07 Å². The molecule has 0 unspecified atom stereocenters. The third kappa shape index (κ3) is 1.56. The summed E-state index contributed by atoms with van der Waals surface area (Å²) < 4.78 is 27.1. The SMILES string of the molecule is O=S1(=O)NCN(C2CC2)c2cccc(Br)c21. The molecule has 6 heteroatoms. The highest BCUT2D eigenvalue weighted by molar-refractivity contribution is 9.10. The standard InChI is InChI=1S/C10H11BrN2O2S/c11-8-2-1-3-9-10(8)16(14,15)12-6-13(9)7-4-5-7/h1-3,7,12H,4-6H2. The minimum Gasteiger partial charge on any atom is -0.354 e. The van der Waals surface area contributed by atoms with E-state index in [-0.39, 0.29) is 0 Å². The highest BCUT2D eigenvalue weighted by Gasteiger charge is 2.37. The van der Waals surface area contributed by atoms with Gasteiger partial charge in [0, 0.05) is 10.5 Å². The van der Waals surface area contributed by atoms with Crippen molar-refractivity contribution in [2.75, 3.05) is 11.6 Å². The molecule has 1 N–H and O–H groups in total. The first kappa shape index (κ1) is 10.6. The van der Waals surface area contributed by atoms with Gasteiger partial charge >= 0.3 is 0 Å². The van der Waals surface area contributed by atoms with Crippen LogP contribution >= 0.6 is 15.9 Å². The van der Waals surface area contributed by atoms with Crippen LogP contribution in [0, 0.1) is 0 Å². The molecule has 2 aliphatic rings. The van der Waals surface area contributed by atoms with Gasteiger partial charge in [-0.15, -0.1) is 0 Å². The number of sulfonamides is 1. The zero-order chi connectivity index (χ0) is 11.3. The Bertz CT molecular complexity index is 540. The molecule has 3 rings (SSSR count). The van der Waals surface area contributed by atoms with Crippen LogP contribution in [0.2, 0.25) is 0 Å².